The highest BCUT2D eigenvalue weighted by Crippen LogP contribution is 2.47. The summed E-state index contributed by atoms with van der Waals surface area (Å²) in [4.78, 5) is 12.7. The minimum atomic E-state index is -0.951. The molecular formula is C19H29ClN2O2S. The van der Waals surface area contributed by atoms with Gasteiger partial charge in [-0.3, -0.25) is 9.00 Å². The number of nitrogens with two attached hydrogens (primary N) is 1. The molecule has 2 aliphatic rings. The summed E-state index contributed by atoms with van der Waals surface area (Å²) in [6, 6.07) is 7.69. The third-order valence-corrected chi connectivity index (χ3v) is 7.42. The fourth-order valence-electron chi connectivity index (χ4n) is 4.06. The number of fused-ring (bicyclic) bond motifs is 2. The maximum Gasteiger partial charge on any atom is 0.229 e. The summed E-state index contributed by atoms with van der Waals surface area (Å²) in [6.45, 7) is 5.93. The lowest BCUT2D eigenvalue weighted by atomic mass is 9.84. The van der Waals surface area contributed by atoms with Crippen LogP contribution >= 0.6 is 12.4 Å². The van der Waals surface area contributed by atoms with Crippen LogP contribution in [0.3, 0.4) is 0 Å². The van der Waals surface area contributed by atoms with E-state index in [1.54, 1.807) is 0 Å². The predicted octanol–water partition coefficient (Wildman–Crippen LogP) is 3.47. The molecule has 0 spiro atoms. The van der Waals surface area contributed by atoms with Gasteiger partial charge in [-0.05, 0) is 69.6 Å². The van der Waals surface area contributed by atoms with Gasteiger partial charge in [0.25, 0.3) is 0 Å². The van der Waals surface area contributed by atoms with Gasteiger partial charge in [0, 0.05) is 33.0 Å². The molecule has 2 bridgehead atoms. The van der Waals surface area contributed by atoms with Crippen LogP contribution < -0.4 is 11.1 Å². The number of nitrogens with one attached hydrogen (secondary N) is 1. The molecule has 3 N–H and O–H groups in total. The summed E-state index contributed by atoms with van der Waals surface area (Å²) in [5.41, 5.74) is 8.02. The van der Waals surface area contributed by atoms with Gasteiger partial charge in [-0.2, -0.15) is 0 Å². The number of rotatable bonds is 4. The zero-order chi connectivity index (χ0) is 17.5. The van der Waals surface area contributed by atoms with Crippen LogP contribution in [0.4, 0.5) is 5.69 Å². The van der Waals surface area contributed by atoms with E-state index in [0.717, 1.165) is 24.1 Å². The second kappa shape index (κ2) is 7.77. The quantitative estimate of drug-likeness (QED) is 0.834. The Morgan fingerprint density at radius 2 is 1.96 bits per heavy atom. The average Bonchev–Trinajstić information content (AvgIpc) is 3.07. The number of halogens is 1. The van der Waals surface area contributed by atoms with Crippen LogP contribution in [0.15, 0.2) is 24.3 Å². The Kier molecular flexibility index (Phi) is 6.34. The molecule has 1 amide bonds. The number of amides is 1. The largest absolute Gasteiger partial charge is 0.327 e. The normalized spacial score (nSPS) is 29.1. The maximum atomic E-state index is 12.7. The van der Waals surface area contributed by atoms with Crippen molar-refractivity contribution in [1.82, 2.24) is 0 Å². The van der Waals surface area contributed by atoms with Crippen LogP contribution in [0.5, 0.6) is 0 Å². The van der Waals surface area contributed by atoms with Gasteiger partial charge in [0.05, 0.1) is 5.92 Å². The summed E-state index contributed by atoms with van der Waals surface area (Å²) >= 11 is 0. The first-order valence-electron chi connectivity index (χ1n) is 8.79. The molecule has 6 heteroatoms. The lowest BCUT2D eigenvalue weighted by Crippen LogP contribution is -2.42. The van der Waals surface area contributed by atoms with Gasteiger partial charge in [-0.15, -0.1) is 12.4 Å². The van der Waals surface area contributed by atoms with Crippen LogP contribution in [0, 0.1) is 17.8 Å². The first-order valence-corrected chi connectivity index (χ1v) is 10.1. The van der Waals surface area contributed by atoms with Crippen LogP contribution in [-0.2, 0) is 21.3 Å². The molecule has 140 valence electrons. The number of anilines is 1. The Balaban J connectivity index is 0.00000225. The fraction of sp³-hybridized carbons (Fsp3) is 0.632. The van der Waals surface area contributed by atoms with Crippen molar-refractivity contribution in [1.29, 1.82) is 0 Å². The summed E-state index contributed by atoms with van der Waals surface area (Å²) < 4.78 is 12.1. The van der Waals surface area contributed by atoms with Gasteiger partial charge in [-0.1, -0.05) is 12.1 Å². The molecule has 0 radical (unpaired) electrons. The summed E-state index contributed by atoms with van der Waals surface area (Å²) in [5.74, 6) is 1.45. The van der Waals surface area contributed by atoms with Gasteiger partial charge in [0.15, 0.2) is 0 Å². The maximum absolute atomic E-state index is 12.7. The van der Waals surface area contributed by atoms with E-state index < -0.39 is 10.8 Å². The number of hydrogen-bond donors (Lipinski definition) is 2. The van der Waals surface area contributed by atoms with E-state index in [9.17, 15) is 9.00 Å². The highest BCUT2D eigenvalue weighted by Gasteiger charge is 2.49. The van der Waals surface area contributed by atoms with Gasteiger partial charge in [0.1, 0.15) is 0 Å². The second-order valence-corrected chi connectivity index (χ2v) is 10.4. The number of benzene rings is 1. The smallest absolute Gasteiger partial charge is 0.229 e. The van der Waals surface area contributed by atoms with E-state index in [1.165, 1.54) is 6.42 Å². The molecule has 0 heterocycles. The fourth-order valence-corrected chi connectivity index (χ4v) is 4.97. The van der Waals surface area contributed by atoms with Crippen molar-refractivity contribution in [3.8, 4) is 0 Å². The first kappa shape index (κ1) is 20.4. The topological polar surface area (TPSA) is 72.2 Å². The highest BCUT2D eigenvalue weighted by molar-refractivity contribution is 7.85. The van der Waals surface area contributed by atoms with Crippen LogP contribution in [0.25, 0.3) is 0 Å². The number of hydrogen-bond acceptors (Lipinski definition) is 3. The number of carbonyl (C=O) groups excluding carboxylic acids is 1. The van der Waals surface area contributed by atoms with Crippen molar-refractivity contribution in [3.63, 3.8) is 0 Å². The molecule has 0 saturated heterocycles. The zero-order valence-electron chi connectivity index (χ0n) is 15.2. The van der Waals surface area contributed by atoms with Gasteiger partial charge < -0.3 is 11.1 Å². The van der Waals surface area contributed by atoms with E-state index in [0.29, 0.717) is 17.6 Å². The first-order chi connectivity index (χ1) is 11.3. The van der Waals surface area contributed by atoms with Crippen LogP contribution in [0.2, 0.25) is 0 Å². The van der Waals surface area contributed by atoms with E-state index in [1.807, 2.05) is 45.0 Å². The molecule has 0 aromatic heterocycles. The van der Waals surface area contributed by atoms with Crippen LogP contribution in [-0.4, -0.2) is 20.9 Å². The lowest BCUT2D eigenvalue weighted by molar-refractivity contribution is -0.121. The Labute approximate surface area is 159 Å². The lowest BCUT2D eigenvalue weighted by Gasteiger charge is -2.27. The Hall–Kier alpha value is -0.910. The molecule has 1 aromatic carbocycles. The van der Waals surface area contributed by atoms with Crippen LogP contribution in [0.1, 0.15) is 45.6 Å². The van der Waals surface area contributed by atoms with Crippen molar-refractivity contribution in [2.75, 3.05) is 5.32 Å². The molecule has 25 heavy (non-hydrogen) atoms. The minimum Gasteiger partial charge on any atom is -0.327 e. The minimum absolute atomic E-state index is 0. The van der Waals surface area contributed by atoms with Crippen molar-refractivity contribution in [2.45, 2.75) is 56.6 Å². The third kappa shape index (κ3) is 4.44. The molecule has 2 aliphatic carbocycles. The zero-order valence-corrected chi connectivity index (χ0v) is 16.8. The number of carbonyl (C=O) groups is 1. The van der Waals surface area contributed by atoms with Crippen molar-refractivity contribution < 1.29 is 9.00 Å². The van der Waals surface area contributed by atoms with Crippen molar-refractivity contribution in [2.24, 2.45) is 23.5 Å². The second-order valence-electron chi connectivity index (χ2n) is 8.23. The summed E-state index contributed by atoms with van der Waals surface area (Å²) in [6.07, 6.45) is 3.40. The molecule has 5 unspecified atom stereocenters. The molecule has 2 fully saturated rings. The monoisotopic (exact) mass is 384 g/mol. The van der Waals surface area contributed by atoms with E-state index in [4.69, 9.17) is 5.73 Å². The Morgan fingerprint density at radius 1 is 1.28 bits per heavy atom. The standard InChI is InChI=1S/C19H28N2O2S.ClH/c1-19(2,3)24(23)11-12-5-4-6-15(9-12)21-18(22)16-13-7-8-14(10-13)17(16)20;/h4-6,9,13-14,16-17H,7-8,10-11,20H2,1-3H3,(H,21,22);1H. The van der Waals surface area contributed by atoms with Crippen molar-refractivity contribution >= 4 is 34.8 Å². The van der Waals surface area contributed by atoms with Gasteiger partial charge in [-0.25, -0.2) is 0 Å². The summed E-state index contributed by atoms with van der Waals surface area (Å²) in [5, 5.41) is 3.03. The highest BCUT2D eigenvalue weighted by atomic mass is 35.5. The SMILES string of the molecule is CC(C)(C)S(=O)Cc1cccc(NC(=O)C2C3CCC(C3)C2N)c1.Cl. The molecule has 3 rings (SSSR count). The Morgan fingerprint density at radius 3 is 2.56 bits per heavy atom. The molecule has 4 nitrogen and oxygen atoms in total. The average molecular weight is 385 g/mol. The van der Waals surface area contributed by atoms with E-state index >= 15 is 0 Å². The summed E-state index contributed by atoms with van der Waals surface area (Å²) in [7, 11) is -0.951. The molecule has 1 aromatic rings. The Bertz CT molecular complexity index is 657. The van der Waals surface area contributed by atoms with Crippen molar-refractivity contribution in [3.05, 3.63) is 29.8 Å². The molecule has 5 atom stereocenters. The predicted molar refractivity (Wildman–Crippen MR) is 106 cm³/mol. The van der Waals surface area contributed by atoms with E-state index in [-0.39, 0.29) is 35.0 Å². The molecular weight excluding hydrogens is 356 g/mol. The van der Waals surface area contributed by atoms with Gasteiger partial charge >= 0.3 is 0 Å². The molecule has 2 saturated carbocycles. The third-order valence-electron chi connectivity index (χ3n) is 5.46. The van der Waals surface area contributed by atoms with E-state index in [2.05, 4.69) is 5.32 Å². The molecule has 0 aliphatic heterocycles. The van der Waals surface area contributed by atoms with Gasteiger partial charge in [0.2, 0.25) is 5.91 Å².